The Labute approximate surface area is 242 Å². The SMILES string of the molecule is C[C@@H]1C[C@H]2[C@@H]3C[C@H](F)C4=CC(=O)C=C[C@]4(C)[C@H]3[C@@H](O)C[C@]2(C)[C@@]1(O)C(=O)COP(=O)(O)O.[Na+].[Na+]. The van der Waals surface area contributed by atoms with Gasteiger partial charge < -0.3 is 20.0 Å². The van der Waals surface area contributed by atoms with E-state index in [4.69, 9.17) is 9.79 Å². The van der Waals surface area contributed by atoms with Gasteiger partial charge in [-0.2, -0.15) is 0 Å². The number of carbonyl (C=O) groups is 2. The van der Waals surface area contributed by atoms with Gasteiger partial charge in [0.1, 0.15) is 18.4 Å². The summed E-state index contributed by atoms with van der Waals surface area (Å²) in [4.78, 5) is 42.8. The van der Waals surface area contributed by atoms with Crippen molar-refractivity contribution in [2.24, 2.45) is 34.5 Å². The van der Waals surface area contributed by atoms with Crippen LogP contribution in [0.25, 0.3) is 0 Å². The van der Waals surface area contributed by atoms with Crippen LogP contribution < -0.4 is 59.1 Å². The number of hydrogen-bond acceptors (Lipinski definition) is 6. The third kappa shape index (κ3) is 4.61. The summed E-state index contributed by atoms with van der Waals surface area (Å²) in [6.07, 6.45) is 2.54. The van der Waals surface area contributed by atoms with Crippen LogP contribution in [-0.2, 0) is 18.7 Å². The zero-order valence-electron chi connectivity index (χ0n) is 20.3. The molecule has 0 aromatic rings. The molecule has 4 aliphatic rings. The molecule has 0 aromatic carbocycles. The molecule has 0 aromatic heterocycles. The van der Waals surface area contributed by atoms with Crippen LogP contribution in [-0.4, -0.2) is 56.0 Å². The van der Waals surface area contributed by atoms with Crippen LogP contribution >= 0.6 is 7.82 Å². The van der Waals surface area contributed by atoms with Crippen LogP contribution in [0, 0.1) is 34.5 Å². The molecule has 0 saturated heterocycles. The monoisotopic (exact) mass is 518 g/mol. The smallest absolute Gasteiger partial charge is 0.393 e. The minimum atomic E-state index is -4.91. The molecule has 0 radical (unpaired) electrons. The first kappa shape index (κ1) is 31.0. The summed E-state index contributed by atoms with van der Waals surface area (Å²) < 4.78 is 30.8. The molecule has 0 spiro atoms. The molecule has 8 nitrogen and oxygen atoms in total. The molecule has 4 N–H and O–H groups in total. The molecule has 0 bridgehead atoms. The third-order valence-corrected chi connectivity index (χ3v) is 9.31. The number of carbonyl (C=O) groups excluding carboxylic acids is 2. The molecule has 4 rings (SSSR count). The third-order valence-electron chi connectivity index (χ3n) is 8.85. The van der Waals surface area contributed by atoms with Gasteiger partial charge in [0.05, 0.1) is 6.10 Å². The number of aliphatic hydroxyl groups excluding tert-OH is 1. The van der Waals surface area contributed by atoms with Gasteiger partial charge in [-0.05, 0) is 54.7 Å². The molecule has 0 heterocycles. The van der Waals surface area contributed by atoms with Crippen molar-refractivity contribution in [1.82, 2.24) is 0 Å². The van der Waals surface area contributed by atoms with E-state index in [1.165, 1.54) is 12.2 Å². The fourth-order valence-corrected chi connectivity index (χ4v) is 7.80. The van der Waals surface area contributed by atoms with E-state index < -0.39 is 54.8 Å². The quantitative estimate of drug-likeness (QED) is 0.217. The van der Waals surface area contributed by atoms with Crippen molar-refractivity contribution in [3.8, 4) is 0 Å². The molecule has 0 amide bonds. The van der Waals surface area contributed by atoms with Crippen molar-refractivity contribution in [2.75, 3.05) is 6.61 Å². The minimum absolute atomic E-state index is 0. The van der Waals surface area contributed by atoms with Crippen LogP contribution in [0.2, 0.25) is 0 Å². The van der Waals surface area contributed by atoms with Crippen molar-refractivity contribution in [3.05, 3.63) is 23.8 Å². The van der Waals surface area contributed by atoms with Crippen molar-refractivity contribution in [1.29, 1.82) is 0 Å². The molecular weight excluding hydrogens is 488 g/mol. The molecule has 3 saturated carbocycles. The number of rotatable bonds is 4. The standard InChI is InChI=1S/C22H30FO8P.2Na/c1-11-6-14-13-8-16(23)15-7-12(24)4-5-20(15,2)19(13)17(25)9-21(14,3)22(11,27)18(26)10-31-32(28,29)30;;/h4-5,7,11,13-14,16-17,19,25,27H,6,8-10H2,1-3H3,(H2,28,29,30);;/q;2*+1/t11-,13+,14+,16+,17+,19-,20+,21+,22+;;/m1../s1. The first-order valence-electron chi connectivity index (χ1n) is 10.9. The number of phosphoric acid groups is 1. The Bertz CT molecular complexity index is 969. The summed E-state index contributed by atoms with van der Waals surface area (Å²) in [6.45, 7) is 4.24. The maximum absolute atomic E-state index is 15.3. The zero-order chi connectivity index (χ0) is 23.9. The normalized spacial score (nSPS) is 45.2. The van der Waals surface area contributed by atoms with E-state index in [1.54, 1.807) is 19.9 Å². The van der Waals surface area contributed by atoms with E-state index in [0.717, 1.165) is 0 Å². The summed E-state index contributed by atoms with van der Waals surface area (Å²) in [5.74, 6) is -2.77. The van der Waals surface area contributed by atoms with Crippen LogP contribution in [0.5, 0.6) is 0 Å². The summed E-state index contributed by atoms with van der Waals surface area (Å²) in [5.41, 5.74) is -3.61. The van der Waals surface area contributed by atoms with Gasteiger partial charge in [-0.15, -0.1) is 0 Å². The van der Waals surface area contributed by atoms with Gasteiger partial charge in [-0.3, -0.25) is 14.1 Å². The largest absolute Gasteiger partial charge is 1.00 e. The molecule has 34 heavy (non-hydrogen) atoms. The summed E-state index contributed by atoms with van der Waals surface area (Å²) in [6, 6.07) is 0. The molecule has 0 aliphatic heterocycles. The van der Waals surface area contributed by atoms with Gasteiger partial charge in [0.25, 0.3) is 0 Å². The predicted molar refractivity (Wildman–Crippen MR) is 111 cm³/mol. The fourth-order valence-electron chi connectivity index (χ4n) is 7.52. The fraction of sp³-hybridized carbons (Fsp3) is 0.727. The average molecular weight is 518 g/mol. The number of alkyl halides is 1. The molecule has 3 fully saturated rings. The number of phosphoric ester groups is 1. The zero-order valence-corrected chi connectivity index (χ0v) is 25.2. The van der Waals surface area contributed by atoms with Crippen LogP contribution in [0.1, 0.15) is 40.0 Å². The van der Waals surface area contributed by atoms with Gasteiger partial charge in [-0.25, -0.2) is 8.96 Å². The second-order valence-corrected chi connectivity index (χ2v) is 11.6. The molecule has 4 aliphatic carbocycles. The van der Waals surface area contributed by atoms with Crippen LogP contribution in [0.3, 0.4) is 0 Å². The summed E-state index contributed by atoms with van der Waals surface area (Å²) in [7, 11) is -4.91. The van der Waals surface area contributed by atoms with Crippen molar-refractivity contribution in [2.45, 2.75) is 57.9 Å². The molecular formula is C22H30FNa2O8P+2. The van der Waals surface area contributed by atoms with E-state index in [2.05, 4.69) is 4.52 Å². The Kier molecular flexibility index (Phi) is 9.26. The van der Waals surface area contributed by atoms with Gasteiger partial charge in [0, 0.05) is 16.7 Å². The first-order chi connectivity index (χ1) is 14.6. The minimum Gasteiger partial charge on any atom is -0.393 e. The average Bonchev–Trinajstić information content (AvgIpc) is 2.88. The van der Waals surface area contributed by atoms with Crippen molar-refractivity contribution >= 4 is 19.4 Å². The Morgan fingerprint density at radius 2 is 1.88 bits per heavy atom. The van der Waals surface area contributed by atoms with E-state index in [9.17, 15) is 24.4 Å². The van der Waals surface area contributed by atoms with E-state index in [-0.39, 0.29) is 95.5 Å². The topological polar surface area (TPSA) is 141 Å². The number of hydrogen-bond donors (Lipinski definition) is 4. The number of ketones is 2. The Morgan fingerprint density at radius 3 is 2.47 bits per heavy atom. The number of Topliss-reactive ketones (excluding diaryl/α,β-unsaturated/α-hetero) is 1. The second kappa shape index (κ2) is 10.2. The van der Waals surface area contributed by atoms with Gasteiger partial charge in [0.15, 0.2) is 11.6 Å². The first-order valence-corrected chi connectivity index (χ1v) is 12.4. The van der Waals surface area contributed by atoms with Gasteiger partial charge in [-0.1, -0.05) is 26.8 Å². The second-order valence-electron chi connectivity index (χ2n) is 10.4. The Balaban J connectivity index is 0.00000204. The van der Waals surface area contributed by atoms with Gasteiger partial charge in [0.2, 0.25) is 0 Å². The molecule has 9 atom stereocenters. The van der Waals surface area contributed by atoms with E-state index >= 15 is 4.39 Å². The van der Waals surface area contributed by atoms with Crippen molar-refractivity contribution < 1.29 is 102 Å². The maximum atomic E-state index is 15.3. The van der Waals surface area contributed by atoms with Crippen LogP contribution in [0.15, 0.2) is 23.8 Å². The van der Waals surface area contributed by atoms with Crippen molar-refractivity contribution in [3.63, 3.8) is 0 Å². The molecule has 178 valence electrons. The Morgan fingerprint density at radius 1 is 1.26 bits per heavy atom. The van der Waals surface area contributed by atoms with E-state index in [0.29, 0.717) is 12.0 Å². The molecule has 0 unspecified atom stereocenters. The number of allylic oxidation sites excluding steroid dienone is 4. The number of aliphatic hydroxyl groups is 2. The number of halogens is 1. The predicted octanol–water partition coefficient (Wildman–Crippen LogP) is -4.12. The maximum Gasteiger partial charge on any atom is 1.00 e. The summed E-state index contributed by atoms with van der Waals surface area (Å²) >= 11 is 0. The number of fused-ring (bicyclic) bond motifs is 5. The molecule has 12 heteroatoms. The van der Waals surface area contributed by atoms with Crippen LogP contribution in [0.4, 0.5) is 4.39 Å². The summed E-state index contributed by atoms with van der Waals surface area (Å²) in [5, 5.41) is 22.9. The van der Waals surface area contributed by atoms with E-state index in [1.807, 2.05) is 6.92 Å². The Hall–Kier alpha value is 0.780. The van der Waals surface area contributed by atoms with Gasteiger partial charge >= 0.3 is 66.9 Å².